The van der Waals surface area contributed by atoms with Crippen LogP contribution in [0.1, 0.15) is 39.3 Å². The Hall–Kier alpha value is -2.89. The third-order valence-electron chi connectivity index (χ3n) is 3.81. The van der Waals surface area contributed by atoms with Gasteiger partial charge in [0.1, 0.15) is 5.75 Å². The Morgan fingerprint density at radius 1 is 1.08 bits per heavy atom. The molecular weight excluding hydrogens is 326 g/mol. The predicted octanol–water partition coefficient (Wildman–Crippen LogP) is 4.99. The molecule has 1 N–H and O–H groups in total. The van der Waals surface area contributed by atoms with Crippen molar-refractivity contribution in [1.29, 1.82) is 0 Å². The molecule has 3 rings (SSSR count). The first-order valence-corrected chi connectivity index (χ1v) is 8.91. The Kier molecular flexibility index (Phi) is 5.51. The number of nitrogens with one attached hydrogen (secondary N) is 1. The van der Waals surface area contributed by atoms with E-state index in [2.05, 4.69) is 52.8 Å². The number of nitrogens with zero attached hydrogens (tertiary/aromatic N) is 4. The fourth-order valence-corrected chi connectivity index (χ4v) is 2.78. The van der Waals surface area contributed by atoms with E-state index in [0.717, 1.165) is 23.7 Å². The number of hydrogen-bond donors (Lipinski definition) is 1. The maximum Gasteiger partial charge on any atom is 0.230 e. The summed E-state index contributed by atoms with van der Waals surface area (Å²) in [5, 5.41) is 7.82. The average Bonchev–Trinajstić information content (AvgIpc) is 2.98. The van der Waals surface area contributed by atoms with Gasteiger partial charge in [0.05, 0.1) is 17.6 Å². The molecule has 0 unspecified atom stereocenters. The minimum atomic E-state index is 0.336. The molecule has 6 nitrogen and oxygen atoms in total. The molecule has 26 heavy (non-hydrogen) atoms. The van der Waals surface area contributed by atoms with Gasteiger partial charge in [-0.25, -0.2) is 4.98 Å². The number of anilines is 2. The highest BCUT2D eigenvalue weighted by Gasteiger charge is 2.16. The number of benzene rings is 1. The van der Waals surface area contributed by atoms with E-state index in [9.17, 15) is 0 Å². The lowest BCUT2D eigenvalue weighted by Gasteiger charge is -2.15. The SMILES string of the molecule is CC(C)Cn1ncc(Nc2nccc(Oc3ccccc3)n2)c1C(C)C. The quantitative estimate of drug-likeness (QED) is 0.650. The van der Waals surface area contributed by atoms with Crippen molar-refractivity contribution < 1.29 is 4.74 Å². The lowest BCUT2D eigenvalue weighted by Crippen LogP contribution is -2.11. The summed E-state index contributed by atoms with van der Waals surface area (Å²) >= 11 is 0. The molecule has 0 amide bonds. The van der Waals surface area contributed by atoms with E-state index < -0.39 is 0 Å². The monoisotopic (exact) mass is 351 g/mol. The molecule has 0 bridgehead atoms. The molecule has 0 saturated carbocycles. The van der Waals surface area contributed by atoms with Crippen LogP contribution in [0.15, 0.2) is 48.8 Å². The lowest BCUT2D eigenvalue weighted by molar-refractivity contribution is 0.462. The molecule has 1 aromatic carbocycles. The van der Waals surface area contributed by atoms with Crippen molar-refractivity contribution in [2.24, 2.45) is 5.92 Å². The van der Waals surface area contributed by atoms with Crippen molar-refractivity contribution in [3.63, 3.8) is 0 Å². The molecule has 0 radical (unpaired) electrons. The average molecular weight is 351 g/mol. The Balaban J connectivity index is 1.81. The van der Waals surface area contributed by atoms with Crippen LogP contribution in [0.2, 0.25) is 0 Å². The van der Waals surface area contributed by atoms with Gasteiger partial charge in [-0.3, -0.25) is 4.68 Å². The summed E-state index contributed by atoms with van der Waals surface area (Å²) in [7, 11) is 0. The second kappa shape index (κ2) is 7.99. The van der Waals surface area contributed by atoms with Gasteiger partial charge in [-0.15, -0.1) is 0 Å². The van der Waals surface area contributed by atoms with Crippen molar-refractivity contribution in [3.05, 3.63) is 54.5 Å². The summed E-state index contributed by atoms with van der Waals surface area (Å²) in [5.74, 6) is 2.59. The summed E-state index contributed by atoms with van der Waals surface area (Å²) in [5.41, 5.74) is 2.08. The Bertz CT molecular complexity index is 842. The lowest BCUT2D eigenvalue weighted by atomic mass is 10.1. The van der Waals surface area contributed by atoms with E-state index in [-0.39, 0.29) is 0 Å². The molecule has 0 aliphatic carbocycles. The van der Waals surface area contributed by atoms with Crippen LogP contribution in [0.5, 0.6) is 11.6 Å². The maximum atomic E-state index is 5.78. The molecule has 0 fully saturated rings. The van der Waals surface area contributed by atoms with Gasteiger partial charge in [-0.05, 0) is 24.0 Å². The molecule has 0 atom stereocenters. The molecule has 0 aliphatic rings. The number of aromatic nitrogens is 4. The maximum absolute atomic E-state index is 5.78. The van der Waals surface area contributed by atoms with Crippen LogP contribution in [0.4, 0.5) is 11.6 Å². The second-order valence-corrected chi connectivity index (χ2v) is 6.93. The van der Waals surface area contributed by atoms with Crippen molar-refractivity contribution in [2.45, 2.75) is 40.2 Å². The van der Waals surface area contributed by atoms with Crippen LogP contribution in [-0.4, -0.2) is 19.7 Å². The zero-order chi connectivity index (χ0) is 18.5. The van der Waals surface area contributed by atoms with Gasteiger partial charge in [-0.1, -0.05) is 45.9 Å². The molecule has 0 aliphatic heterocycles. The predicted molar refractivity (Wildman–Crippen MR) is 103 cm³/mol. The molecule has 136 valence electrons. The van der Waals surface area contributed by atoms with Gasteiger partial charge >= 0.3 is 0 Å². The van der Waals surface area contributed by atoms with Crippen molar-refractivity contribution in [2.75, 3.05) is 5.32 Å². The summed E-state index contributed by atoms with van der Waals surface area (Å²) in [6, 6.07) is 11.3. The second-order valence-electron chi connectivity index (χ2n) is 6.93. The van der Waals surface area contributed by atoms with Gasteiger partial charge in [0.25, 0.3) is 0 Å². The first kappa shape index (κ1) is 17.9. The van der Waals surface area contributed by atoms with Crippen LogP contribution >= 0.6 is 0 Å². The molecule has 0 saturated heterocycles. The largest absolute Gasteiger partial charge is 0.439 e. The Labute approximate surface area is 154 Å². The first-order valence-electron chi connectivity index (χ1n) is 8.91. The zero-order valence-electron chi connectivity index (χ0n) is 15.7. The van der Waals surface area contributed by atoms with E-state index in [1.54, 1.807) is 12.3 Å². The smallest absolute Gasteiger partial charge is 0.230 e. The number of rotatable bonds is 7. The first-order chi connectivity index (χ1) is 12.5. The van der Waals surface area contributed by atoms with Gasteiger partial charge in [0.15, 0.2) is 0 Å². The molecule has 2 aromatic heterocycles. The molecule has 0 spiro atoms. The van der Waals surface area contributed by atoms with E-state index in [1.165, 1.54) is 0 Å². The standard InChI is InChI=1S/C20H25N5O/c1-14(2)13-25-19(15(3)4)17(12-22-25)23-20-21-11-10-18(24-20)26-16-8-6-5-7-9-16/h5-12,14-15H,13H2,1-4H3,(H,21,23,24). The molecular formula is C20H25N5O. The van der Waals surface area contributed by atoms with Crippen LogP contribution in [0.25, 0.3) is 0 Å². The summed E-state index contributed by atoms with van der Waals surface area (Å²) in [6.07, 6.45) is 3.52. The van der Waals surface area contributed by atoms with Gasteiger partial charge < -0.3 is 10.1 Å². The van der Waals surface area contributed by atoms with E-state index in [1.807, 2.05) is 36.5 Å². The molecule has 3 aromatic rings. The summed E-state index contributed by atoms with van der Waals surface area (Å²) in [6.45, 7) is 9.58. The third kappa shape index (κ3) is 4.39. The van der Waals surface area contributed by atoms with Gasteiger partial charge in [-0.2, -0.15) is 10.1 Å². The van der Waals surface area contributed by atoms with E-state index in [4.69, 9.17) is 4.74 Å². The zero-order valence-corrected chi connectivity index (χ0v) is 15.7. The highest BCUT2D eigenvalue weighted by atomic mass is 16.5. The van der Waals surface area contributed by atoms with Crippen molar-refractivity contribution in [1.82, 2.24) is 19.7 Å². The van der Waals surface area contributed by atoms with Crippen molar-refractivity contribution >= 4 is 11.6 Å². The van der Waals surface area contributed by atoms with Crippen LogP contribution in [0, 0.1) is 5.92 Å². The number of para-hydroxylation sites is 1. The minimum Gasteiger partial charge on any atom is -0.439 e. The Morgan fingerprint density at radius 2 is 1.85 bits per heavy atom. The highest BCUT2D eigenvalue weighted by molar-refractivity contribution is 5.56. The normalized spacial score (nSPS) is 11.2. The highest BCUT2D eigenvalue weighted by Crippen LogP contribution is 2.27. The van der Waals surface area contributed by atoms with E-state index in [0.29, 0.717) is 23.7 Å². The number of hydrogen-bond acceptors (Lipinski definition) is 5. The summed E-state index contributed by atoms with van der Waals surface area (Å²) in [4.78, 5) is 8.76. The Morgan fingerprint density at radius 3 is 2.54 bits per heavy atom. The fraction of sp³-hybridized carbons (Fsp3) is 0.350. The molecule has 2 heterocycles. The number of ether oxygens (including phenoxy) is 1. The van der Waals surface area contributed by atoms with Gasteiger partial charge in [0.2, 0.25) is 11.8 Å². The summed E-state index contributed by atoms with van der Waals surface area (Å²) < 4.78 is 7.84. The molecule has 6 heteroatoms. The van der Waals surface area contributed by atoms with Gasteiger partial charge in [0, 0.05) is 18.8 Å². The van der Waals surface area contributed by atoms with Crippen LogP contribution < -0.4 is 10.1 Å². The van der Waals surface area contributed by atoms with E-state index >= 15 is 0 Å². The minimum absolute atomic E-state index is 0.336. The van der Waals surface area contributed by atoms with Crippen molar-refractivity contribution in [3.8, 4) is 11.6 Å². The fourth-order valence-electron chi connectivity index (χ4n) is 2.78. The third-order valence-corrected chi connectivity index (χ3v) is 3.81. The van der Waals surface area contributed by atoms with Crippen LogP contribution in [-0.2, 0) is 6.54 Å². The topological polar surface area (TPSA) is 64.9 Å². The van der Waals surface area contributed by atoms with Crippen LogP contribution in [0.3, 0.4) is 0 Å².